The molecule has 2 aliphatic heterocycles. The summed E-state index contributed by atoms with van der Waals surface area (Å²) in [6, 6.07) is 14.1. The van der Waals surface area contributed by atoms with E-state index in [1.54, 1.807) is 0 Å². The summed E-state index contributed by atoms with van der Waals surface area (Å²) >= 11 is 0. The minimum atomic E-state index is 0.00709. The number of aryl methyl sites for hydroxylation is 2. The molecule has 0 spiro atoms. The smallest absolute Gasteiger partial charge is 0.278 e. The van der Waals surface area contributed by atoms with Crippen molar-refractivity contribution in [1.29, 1.82) is 0 Å². The van der Waals surface area contributed by atoms with Gasteiger partial charge in [-0.15, -0.1) is 0 Å². The summed E-state index contributed by atoms with van der Waals surface area (Å²) in [6.45, 7) is 9.21. The number of para-hydroxylation sites is 1. The van der Waals surface area contributed by atoms with Gasteiger partial charge in [0.2, 0.25) is 0 Å². The monoisotopic (exact) mass is 361 g/mol. The summed E-state index contributed by atoms with van der Waals surface area (Å²) in [5, 5.41) is 0. The van der Waals surface area contributed by atoms with Gasteiger partial charge in [-0.05, 0) is 68.5 Å². The van der Waals surface area contributed by atoms with Crippen LogP contribution in [0.4, 0.5) is 11.4 Å². The Morgan fingerprint density at radius 3 is 2.70 bits per heavy atom. The van der Waals surface area contributed by atoms with Crippen LogP contribution in [-0.4, -0.2) is 36.3 Å². The predicted octanol–water partition coefficient (Wildman–Crippen LogP) is 4.46. The molecule has 1 amide bonds. The zero-order valence-corrected chi connectivity index (χ0v) is 16.4. The number of piperidine rings is 1. The van der Waals surface area contributed by atoms with Crippen molar-refractivity contribution >= 4 is 23.0 Å². The molecule has 1 fully saturated rings. The third kappa shape index (κ3) is 3.54. The molecule has 2 aromatic rings. The van der Waals surface area contributed by atoms with E-state index in [9.17, 15) is 4.79 Å². The van der Waals surface area contributed by atoms with Crippen LogP contribution < -0.4 is 4.90 Å². The summed E-state index contributed by atoms with van der Waals surface area (Å²) in [7, 11) is 0. The lowest BCUT2D eigenvalue weighted by atomic mass is 10.0. The molecule has 0 aliphatic carbocycles. The Morgan fingerprint density at radius 2 is 1.93 bits per heavy atom. The Labute approximate surface area is 161 Å². The van der Waals surface area contributed by atoms with Gasteiger partial charge in [-0.25, -0.2) is 4.99 Å². The van der Waals surface area contributed by atoms with Crippen LogP contribution in [0.3, 0.4) is 0 Å². The lowest BCUT2D eigenvalue weighted by molar-refractivity contribution is -0.112. The van der Waals surface area contributed by atoms with Crippen LogP contribution in [0.2, 0.25) is 0 Å². The fraction of sp³-hybridized carbons (Fsp3) is 0.391. The number of fused-ring (bicyclic) bond motifs is 1. The second kappa shape index (κ2) is 7.28. The predicted molar refractivity (Wildman–Crippen MR) is 111 cm³/mol. The second-order valence-corrected chi connectivity index (χ2v) is 7.95. The highest BCUT2D eigenvalue weighted by Crippen LogP contribution is 2.32. The number of aliphatic imine (C=N–C) groups is 1. The highest BCUT2D eigenvalue weighted by atomic mass is 16.2. The van der Waals surface area contributed by atoms with E-state index in [4.69, 9.17) is 4.99 Å². The Balaban J connectivity index is 1.67. The minimum absolute atomic E-state index is 0.00709. The van der Waals surface area contributed by atoms with Gasteiger partial charge in [0.15, 0.2) is 0 Å². The van der Waals surface area contributed by atoms with Crippen molar-refractivity contribution in [3.05, 3.63) is 59.2 Å². The number of nitrogens with zero attached hydrogens (tertiary/aromatic N) is 3. The zero-order valence-electron chi connectivity index (χ0n) is 16.4. The molecule has 2 aromatic carbocycles. The third-order valence-corrected chi connectivity index (χ3v) is 5.71. The maximum Gasteiger partial charge on any atom is 0.278 e. The molecule has 0 aromatic heterocycles. The van der Waals surface area contributed by atoms with Gasteiger partial charge in [0.25, 0.3) is 5.91 Å². The first-order valence-corrected chi connectivity index (χ1v) is 9.82. The molecule has 2 aliphatic rings. The average molecular weight is 361 g/mol. The third-order valence-electron chi connectivity index (χ3n) is 5.71. The molecule has 4 heteroatoms. The van der Waals surface area contributed by atoms with Crippen LogP contribution >= 0.6 is 0 Å². The molecule has 0 saturated carbocycles. The first-order chi connectivity index (χ1) is 13.0. The topological polar surface area (TPSA) is 35.9 Å². The molecule has 0 bridgehead atoms. The van der Waals surface area contributed by atoms with E-state index < -0.39 is 0 Å². The Morgan fingerprint density at radius 1 is 1.11 bits per heavy atom. The molecule has 1 saturated heterocycles. The second-order valence-electron chi connectivity index (χ2n) is 7.95. The Hall–Kier alpha value is -2.46. The van der Waals surface area contributed by atoms with Crippen LogP contribution in [0.5, 0.6) is 0 Å². The average Bonchev–Trinajstić information content (AvgIpc) is 2.91. The summed E-state index contributed by atoms with van der Waals surface area (Å²) in [6.07, 6.45) is 2.48. The molecule has 2 heterocycles. The fourth-order valence-corrected chi connectivity index (χ4v) is 4.05. The van der Waals surface area contributed by atoms with Gasteiger partial charge < -0.3 is 0 Å². The van der Waals surface area contributed by atoms with Crippen LogP contribution in [-0.2, 0) is 4.79 Å². The molecular formula is C23H27N3O. The van der Waals surface area contributed by atoms with E-state index in [2.05, 4.69) is 31.7 Å². The summed E-state index contributed by atoms with van der Waals surface area (Å²) in [5.41, 5.74) is 5.73. The summed E-state index contributed by atoms with van der Waals surface area (Å²) < 4.78 is 0. The first kappa shape index (κ1) is 17.9. The number of anilines is 1. The number of hydrogen-bond donors (Lipinski definition) is 0. The number of rotatable bonds is 3. The van der Waals surface area contributed by atoms with Gasteiger partial charge in [-0.3, -0.25) is 14.6 Å². The quantitative estimate of drug-likeness (QED) is 0.809. The molecule has 0 radical (unpaired) electrons. The lowest BCUT2D eigenvalue weighted by Gasteiger charge is -2.33. The van der Waals surface area contributed by atoms with Crippen molar-refractivity contribution in [3.63, 3.8) is 0 Å². The van der Waals surface area contributed by atoms with Crippen molar-refractivity contribution in [3.8, 4) is 0 Å². The number of benzene rings is 2. The van der Waals surface area contributed by atoms with E-state index in [1.807, 2.05) is 41.3 Å². The molecule has 140 valence electrons. The molecule has 0 unspecified atom stereocenters. The van der Waals surface area contributed by atoms with Crippen LogP contribution in [0.25, 0.3) is 0 Å². The number of carbonyl (C=O) groups excluding carboxylic acids is 1. The van der Waals surface area contributed by atoms with Crippen molar-refractivity contribution in [2.24, 2.45) is 10.9 Å². The molecule has 0 N–H and O–H groups in total. The number of hydrogen-bond acceptors (Lipinski definition) is 3. The standard InChI is InChI=1S/C23H27N3O/c1-16-7-6-12-25(14-16)15-26-21-9-5-4-8-20(21)22(23(26)27)24-19-11-10-17(2)18(3)13-19/h4-5,8-11,13,16H,6-7,12,14-15H2,1-3H3/t16-/m0/s1. The van der Waals surface area contributed by atoms with Gasteiger partial charge in [-0.2, -0.15) is 0 Å². The highest BCUT2D eigenvalue weighted by molar-refractivity contribution is 6.54. The van der Waals surface area contributed by atoms with Gasteiger partial charge in [0, 0.05) is 12.1 Å². The van der Waals surface area contributed by atoms with Gasteiger partial charge in [-0.1, -0.05) is 31.2 Å². The summed E-state index contributed by atoms with van der Waals surface area (Å²) in [5.74, 6) is 0.697. The SMILES string of the molecule is Cc1ccc(N=C2C(=O)N(CN3CCC[C@H](C)C3)c3ccccc32)cc1C. The maximum atomic E-state index is 13.2. The lowest BCUT2D eigenvalue weighted by Crippen LogP contribution is -2.45. The molecule has 1 atom stereocenters. The number of likely N-dealkylation sites (tertiary alicyclic amines) is 1. The van der Waals surface area contributed by atoms with Gasteiger partial charge >= 0.3 is 0 Å². The molecule has 4 rings (SSSR count). The van der Waals surface area contributed by atoms with Crippen molar-refractivity contribution in [2.45, 2.75) is 33.6 Å². The van der Waals surface area contributed by atoms with E-state index in [1.165, 1.54) is 24.0 Å². The van der Waals surface area contributed by atoms with E-state index in [0.29, 0.717) is 18.3 Å². The highest BCUT2D eigenvalue weighted by Gasteiger charge is 2.35. The van der Waals surface area contributed by atoms with Crippen LogP contribution in [0, 0.1) is 19.8 Å². The van der Waals surface area contributed by atoms with E-state index in [0.717, 1.165) is 30.0 Å². The Bertz CT molecular complexity index is 902. The minimum Gasteiger partial charge on any atom is -0.293 e. The van der Waals surface area contributed by atoms with Gasteiger partial charge in [0.1, 0.15) is 5.71 Å². The zero-order chi connectivity index (χ0) is 19.0. The molecular weight excluding hydrogens is 334 g/mol. The Kier molecular flexibility index (Phi) is 4.83. The molecule has 4 nitrogen and oxygen atoms in total. The van der Waals surface area contributed by atoms with Crippen LogP contribution in [0.15, 0.2) is 47.5 Å². The first-order valence-electron chi connectivity index (χ1n) is 9.82. The van der Waals surface area contributed by atoms with E-state index in [-0.39, 0.29) is 5.91 Å². The maximum absolute atomic E-state index is 13.2. The molecule has 27 heavy (non-hydrogen) atoms. The van der Waals surface area contributed by atoms with Crippen molar-refractivity contribution < 1.29 is 4.79 Å². The van der Waals surface area contributed by atoms with Gasteiger partial charge in [0.05, 0.1) is 18.0 Å². The van der Waals surface area contributed by atoms with Crippen LogP contribution in [0.1, 0.15) is 36.5 Å². The largest absolute Gasteiger partial charge is 0.293 e. The number of carbonyl (C=O) groups is 1. The van der Waals surface area contributed by atoms with Crippen molar-refractivity contribution in [1.82, 2.24) is 4.90 Å². The van der Waals surface area contributed by atoms with E-state index >= 15 is 0 Å². The van der Waals surface area contributed by atoms with Crippen molar-refractivity contribution in [2.75, 3.05) is 24.7 Å². The summed E-state index contributed by atoms with van der Waals surface area (Å²) in [4.78, 5) is 22.3. The fourth-order valence-electron chi connectivity index (χ4n) is 4.05. The number of amides is 1. The normalized spacial score (nSPS) is 21.7.